The molecule has 2 atom stereocenters. The van der Waals surface area contributed by atoms with Crippen molar-refractivity contribution >= 4 is 0 Å². The Morgan fingerprint density at radius 3 is 2.68 bits per heavy atom. The Balaban J connectivity index is 2.05. The average molecular weight is 268 g/mol. The Kier molecular flexibility index (Phi) is 4.53. The van der Waals surface area contributed by atoms with E-state index >= 15 is 0 Å². The van der Waals surface area contributed by atoms with Gasteiger partial charge in [0.05, 0.1) is 0 Å². The van der Waals surface area contributed by atoms with Gasteiger partial charge < -0.3 is 5.32 Å². The molecule has 1 aromatic carbocycles. The van der Waals surface area contributed by atoms with E-state index < -0.39 is 11.6 Å². The molecule has 0 bridgehead atoms. The first-order chi connectivity index (χ1) is 8.97. The molecule has 106 valence electrons. The van der Waals surface area contributed by atoms with Crippen LogP contribution in [0, 0.1) is 17.6 Å². The van der Waals surface area contributed by atoms with Gasteiger partial charge in [0, 0.05) is 31.7 Å². The number of hydrogen-bond donors (Lipinski definition) is 1. The minimum Gasteiger partial charge on any atom is -0.311 e. The first-order valence-electron chi connectivity index (χ1n) is 6.88. The lowest BCUT2D eigenvalue weighted by molar-refractivity contribution is 0.116. The lowest BCUT2D eigenvalue weighted by Gasteiger charge is -2.40. The molecule has 19 heavy (non-hydrogen) atoms. The number of nitrogens with zero attached hydrogens (tertiary/aromatic N) is 1. The summed E-state index contributed by atoms with van der Waals surface area (Å²) in [6.45, 7) is 9.10. The van der Waals surface area contributed by atoms with E-state index in [1.54, 1.807) is 6.07 Å². The highest BCUT2D eigenvalue weighted by atomic mass is 19.2. The van der Waals surface area contributed by atoms with E-state index in [2.05, 4.69) is 31.0 Å². The van der Waals surface area contributed by atoms with E-state index in [0.29, 0.717) is 24.5 Å². The van der Waals surface area contributed by atoms with Crippen molar-refractivity contribution in [2.45, 2.75) is 39.4 Å². The molecule has 0 spiro atoms. The number of piperazine rings is 1. The summed E-state index contributed by atoms with van der Waals surface area (Å²) in [6.07, 6.45) is 0. The van der Waals surface area contributed by atoms with Gasteiger partial charge >= 0.3 is 0 Å². The van der Waals surface area contributed by atoms with Gasteiger partial charge in [-0.2, -0.15) is 0 Å². The van der Waals surface area contributed by atoms with Gasteiger partial charge in [-0.3, -0.25) is 4.90 Å². The van der Waals surface area contributed by atoms with Crippen LogP contribution in [0.25, 0.3) is 0 Å². The molecule has 0 amide bonds. The van der Waals surface area contributed by atoms with Crippen molar-refractivity contribution in [3.8, 4) is 0 Å². The maximum atomic E-state index is 13.2. The highest BCUT2D eigenvalue weighted by Crippen LogP contribution is 2.17. The molecular weight excluding hydrogens is 246 g/mol. The standard InChI is InChI=1S/C15H22F2N2/c1-10(2)15-9-19(11(3)7-18-15)8-12-4-5-13(16)14(17)6-12/h4-6,10-11,15,18H,7-9H2,1-3H3. The lowest BCUT2D eigenvalue weighted by Crippen LogP contribution is -2.56. The smallest absolute Gasteiger partial charge is 0.159 e. The van der Waals surface area contributed by atoms with Gasteiger partial charge in [0.15, 0.2) is 11.6 Å². The van der Waals surface area contributed by atoms with Crippen LogP contribution in [0.2, 0.25) is 0 Å². The minimum absolute atomic E-state index is 0.406. The van der Waals surface area contributed by atoms with Gasteiger partial charge in [-0.15, -0.1) is 0 Å². The Morgan fingerprint density at radius 2 is 2.05 bits per heavy atom. The summed E-state index contributed by atoms with van der Waals surface area (Å²) in [4.78, 5) is 2.33. The molecule has 0 aromatic heterocycles. The van der Waals surface area contributed by atoms with Crippen LogP contribution in [-0.2, 0) is 6.54 Å². The van der Waals surface area contributed by atoms with Crippen LogP contribution in [0.1, 0.15) is 26.3 Å². The van der Waals surface area contributed by atoms with Crippen molar-refractivity contribution in [2.24, 2.45) is 5.92 Å². The summed E-state index contributed by atoms with van der Waals surface area (Å²) in [5.74, 6) is -0.974. The monoisotopic (exact) mass is 268 g/mol. The Morgan fingerprint density at radius 1 is 1.32 bits per heavy atom. The first-order valence-corrected chi connectivity index (χ1v) is 6.88. The van der Waals surface area contributed by atoms with Crippen LogP contribution in [0.5, 0.6) is 0 Å². The third kappa shape index (κ3) is 3.51. The van der Waals surface area contributed by atoms with Crippen molar-refractivity contribution in [3.63, 3.8) is 0 Å². The Hall–Kier alpha value is -1.00. The van der Waals surface area contributed by atoms with Gasteiger partial charge in [0.1, 0.15) is 0 Å². The molecule has 1 aliphatic heterocycles. The van der Waals surface area contributed by atoms with E-state index in [9.17, 15) is 8.78 Å². The number of rotatable bonds is 3. The van der Waals surface area contributed by atoms with Gasteiger partial charge in [-0.05, 0) is 30.5 Å². The predicted octanol–water partition coefficient (Wildman–Crippen LogP) is 2.78. The van der Waals surface area contributed by atoms with Crippen molar-refractivity contribution in [1.82, 2.24) is 10.2 Å². The van der Waals surface area contributed by atoms with Crippen molar-refractivity contribution in [2.75, 3.05) is 13.1 Å². The molecule has 2 nitrogen and oxygen atoms in total. The topological polar surface area (TPSA) is 15.3 Å². The zero-order valence-corrected chi connectivity index (χ0v) is 11.8. The summed E-state index contributed by atoms with van der Waals surface area (Å²) in [6, 6.07) is 5.04. The summed E-state index contributed by atoms with van der Waals surface area (Å²) >= 11 is 0. The van der Waals surface area contributed by atoms with Crippen LogP contribution in [0.4, 0.5) is 8.78 Å². The molecule has 1 heterocycles. The van der Waals surface area contributed by atoms with E-state index in [-0.39, 0.29) is 0 Å². The Labute approximate surface area is 113 Å². The molecule has 2 unspecified atom stereocenters. The van der Waals surface area contributed by atoms with Gasteiger partial charge in [0.25, 0.3) is 0 Å². The quantitative estimate of drug-likeness (QED) is 0.907. The second-order valence-electron chi connectivity index (χ2n) is 5.79. The molecule has 1 fully saturated rings. The molecule has 2 rings (SSSR count). The number of halogens is 2. The van der Waals surface area contributed by atoms with Crippen LogP contribution >= 0.6 is 0 Å². The summed E-state index contributed by atoms with van der Waals surface area (Å²) in [5.41, 5.74) is 0.829. The molecule has 0 saturated carbocycles. The van der Waals surface area contributed by atoms with Crippen LogP contribution < -0.4 is 5.32 Å². The van der Waals surface area contributed by atoms with E-state index in [1.807, 2.05) is 0 Å². The van der Waals surface area contributed by atoms with Crippen molar-refractivity contribution in [1.29, 1.82) is 0 Å². The fourth-order valence-electron chi connectivity index (χ4n) is 2.49. The Bertz CT molecular complexity index is 434. The largest absolute Gasteiger partial charge is 0.311 e. The molecule has 1 aromatic rings. The average Bonchev–Trinajstić information content (AvgIpc) is 2.36. The maximum absolute atomic E-state index is 13.2. The number of hydrogen-bond acceptors (Lipinski definition) is 2. The van der Waals surface area contributed by atoms with E-state index in [4.69, 9.17) is 0 Å². The number of nitrogens with one attached hydrogen (secondary N) is 1. The maximum Gasteiger partial charge on any atom is 0.159 e. The highest BCUT2D eigenvalue weighted by Gasteiger charge is 2.26. The third-order valence-electron chi connectivity index (χ3n) is 3.90. The molecule has 0 radical (unpaired) electrons. The minimum atomic E-state index is -0.780. The van der Waals surface area contributed by atoms with Crippen molar-refractivity contribution in [3.05, 3.63) is 35.4 Å². The summed E-state index contributed by atoms with van der Waals surface area (Å²) in [5, 5.41) is 3.53. The van der Waals surface area contributed by atoms with E-state index in [1.165, 1.54) is 12.1 Å². The van der Waals surface area contributed by atoms with Gasteiger partial charge in [-0.1, -0.05) is 19.9 Å². The molecule has 4 heteroatoms. The normalized spacial score (nSPS) is 24.9. The lowest BCUT2D eigenvalue weighted by atomic mass is 9.99. The van der Waals surface area contributed by atoms with Gasteiger partial charge in [-0.25, -0.2) is 8.78 Å². The molecule has 1 aliphatic rings. The predicted molar refractivity (Wildman–Crippen MR) is 72.9 cm³/mol. The second kappa shape index (κ2) is 5.97. The summed E-state index contributed by atoms with van der Waals surface area (Å²) in [7, 11) is 0. The molecular formula is C15H22F2N2. The van der Waals surface area contributed by atoms with Crippen LogP contribution in [-0.4, -0.2) is 30.1 Å². The highest BCUT2D eigenvalue weighted by molar-refractivity contribution is 5.18. The van der Waals surface area contributed by atoms with Gasteiger partial charge in [0.2, 0.25) is 0 Å². The first kappa shape index (κ1) is 14.4. The van der Waals surface area contributed by atoms with E-state index in [0.717, 1.165) is 18.7 Å². The fourth-order valence-corrected chi connectivity index (χ4v) is 2.49. The second-order valence-corrected chi connectivity index (χ2v) is 5.79. The molecule has 0 aliphatic carbocycles. The summed E-state index contributed by atoms with van der Waals surface area (Å²) < 4.78 is 26.2. The number of benzene rings is 1. The SMILES string of the molecule is CC(C)C1CN(Cc2ccc(F)c(F)c2)C(C)CN1. The molecule has 1 N–H and O–H groups in total. The van der Waals surface area contributed by atoms with Crippen molar-refractivity contribution < 1.29 is 8.78 Å². The third-order valence-corrected chi connectivity index (χ3v) is 3.90. The molecule has 1 saturated heterocycles. The van der Waals surface area contributed by atoms with Crippen LogP contribution in [0.15, 0.2) is 18.2 Å². The fraction of sp³-hybridized carbons (Fsp3) is 0.600. The van der Waals surface area contributed by atoms with Crippen LogP contribution in [0.3, 0.4) is 0 Å². The zero-order chi connectivity index (χ0) is 14.0. The zero-order valence-electron chi connectivity index (χ0n) is 11.8.